The van der Waals surface area contributed by atoms with Crippen LogP contribution in [0, 0.1) is 5.82 Å². The lowest BCUT2D eigenvalue weighted by atomic mass is 10.1. The number of aryl methyl sites for hydroxylation is 1. The van der Waals surface area contributed by atoms with Crippen LogP contribution < -0.4 is 15.1 Å². The molecule has 0 amide bonds. The zero-order chi connectivity index (χ0) is 24.5. The number of sulfone groups is 1. The molecule has 1 aliphatic heterocycles. The van der Waals surface area contributed by atoms with Crippen molar-refractivity contribution in [3.05, 3.63) is 58.6 Å². The highest BCUT2D eigenvalue weighted by Gasteiger charge is 2.26. The highest BCUT2D eigenvalue weighted by Crippen LogP contribution is 2.28. The van der Waals surface area contributed by atoms with Crippen LogP contribution in [0.15, 0.2) is 57.2 Å². The van der Waals surface area contributed by atoms with Crippen LogP contribution in [0.4, 0.5) is 10.1 Å². The van der Waals surface area contributed by atoms with Gasteiger partial charge in [0.05, 0.1) is 28.6 Å². The van der Waals surface area contributed by atoms with Gasteiger partial charge in [0.1, 0.15) is 16.5 Å². The normalized spacial score (nSPS) is 15.1. The summed E-state index contributed by atoms with van der Waals surface area (Å²) in [6, 6.07) is 8.77. The van der Waals surface area contributed by atoms with Crippen LogP contribution in [-0.4, -0.2) is 58.2 Å². The number of benzene rings is 2. The van der Waals surface area contributed by atoms with Crippen LogP contribution in [0.25, 0.3) is 10.9 Å². The summed E-state index contributed by atoms with van der Waals surface area (Å²) in [6.07, 6.45) is 3.09. The quantitative estimate of drug-likeness (QED) is 0.508. The molecule has 1 aromatic heterocycles. The zero-order valence-electron chi connectivity index (χ0n) is 19.8. The first-order chi connectivity index (χ1) is 16.3. The van der Waals surface area contributed by atoms with Crippen LogP contribution in [0.2, 0.25) is 0 Å². The van der Waals surface area contributed by atoms with Gasteiger partial charge in [-0.2, -0.15) is 0 Å². The van der Waals surface area contributed by atoms with E-state index in [4.69, 9.17) is 4.74 Å². The van der Waals surface area contributed by atoms with Gasteiger partial charge in [0, 0.05) is 38.9 Å². The number of rotatable bonds is 7. The Labute approximate surface area is 199 Å². The molecule has 182 valence electrons. The van der Waals surface area contributed by atoms with Gasteiger partial charge in [-0.05, 0) is 49.9 Å². The van der Waals surface area contributed by atoms with Crippen molar-refractivity contribution in [3.63, 3.8) is 0 Å². The summed E-state index contributed by atoms with van der Waals surface area (Å²) in [6.45, 7) is 5.56. The molecule has 0 N–H and O–H groups in total. The van der Waals surface area contributed by atoms with Gasteiger partial charge in [0.15, 0.2) is 0 Å². The first-order valence-corrected chi connectivity index (χ1v) is 12.9. The second-order valence-corrected chi connectivity index (χ2v) is 10.6. The summed E-state index contributed by atoms with van der Waals surface area (Å²) in [5, 5.41) is 0.0704. The molecule has 0 unspecified atom stereocenters. The monoisotopic (exact) mass is 487 g/mol. The molecule has 1 saturated heterocycles. The Hall–Kier alpha value is -2.91. The molecule has 0 aliphatic carbocycles. The number of pyridine rings is 1. The number of aromatic nitrogens is 1. The standard InChI is InChI=1S/C25H30FN3O4S/c1-4-5-10-29-17-24(34(31,32)19-8-6-18(33-3)7-9-19)25(30)20-15-21(26)23(16-22(20)29)28-13-11-27(2)12-14-28/h6-9,15-17H,4-5,10-14H2,1-3H3. The fraction of sp³-hybridized carbons (Fsp3) is 0.400. The predicted octanol–water partition coefficient (Wildman–Crippen LogP) is 3.53. The highest BCUT2D eigenvalue weighted by molar-refractivity contribution is 7.91. The summed E-state index contributed by atoms with van der Waals surface area (Å²) in [7, 11) is -0.591. The lowest BCUT2D eigenvalue weighted by Gasteiger charge is -2.34. The number of unbranched alkanes of at least 4 members (excludes halogenated alkanes) is 1. The van der Waals surface area contributed by atoms with Gasteiger partial charge in [-0.15, -0.1) is 0 Å². The molecule has 1 aliphatic rings. The van der Waals surface area contributed by atoms with E-state index in [0.717, 1.165) is 25.9 Å². The number of fused-ring (bicyclic) bond motifs is 1. The average molecular weight is 488 g/mol. The Morgan fingerprint density at radius 1 is 1.06 bits per heavy atom. The van der Waals surface area contributed by atoms with Crippen LogP contribution in [-0.2, 0) is 16.4 Å². The maximum Gasteiger partial charge on any atom is 0.211 e. The Bertz CT molecular complexity index is 1350. The minimum atomic E-state index is -4.11. The van der Waals surface area contributed by atoms with Crippen LogP contribution in [0.3, 0.4) is 0 Å². The lowest BCUT2D eigenvalue weighted by Crippen LogP contribution is -2.44. The van der Waals surface area contributed by atoms with Gasteiger partial charge < -0.3 is 19.1 Å². The van der Waals surface area contributed by atoms with Crippen molar-refractivity contribution in [1.29, 1.82) is 0 Å². The molecule has 2 aromatic carbocycles. The first-order valence-electron chi connectivity index (χ1n) is 11.5. The number of nitrogens with zero attached hydrogens (tertiary/aromatic N) is 3. The number of hydrogen-bond acceptors (Lipinski definition) is 6. The van der Waals surface area contributed by atoms with E-state index in [1.807, 2.05) is 18.9 Å². The molecule has 9 heteroatoms. The van der Waals surface area contributed by atoms with Crippen molar-refractivity contribution in [1.82, 2.24) is 9.47 Å². The van der Waals surface area contributed by atoms with Crippen LogP contribution >= 0.6 is 0 Å². The third-order valence-electron chi connectivity index (χ3n) is 6.37. The molecule has 0 atom stereocenters. The smallest absolute Gasteiger partial charge is 0.211 e. The third kappa shape index (κ3) is 4.54. The van der Waals surface area contributed by atoms with Gasteiger partial charge >= 0.3 is 0 Å². The van der Waals surface area contributed by atoms with Gasteiger partial charge in [0.2, 0.25) is 15.3 Å². The van der Waals surface area contributed by atoms with E-state index >= 15 is 4.39 Å². The molecule has 2 heterocycles. The molecule has 0 radical (unpaired) electrons. The Balaban J connectivity index is 1.88. The Morgan fingerprint density at radius 3 is 2.35 bits per heavy atom. The maximum absolute atomic E-state index is 15.2. The van der Waals surface area contributed by atoms with Crippen molar-refractivity contribution in [2.45, 2.75) is 36.1 Å². The Morgan fingerprint density at radius 2 is 1.74 bits per heavy atom. The number of piperazine rings is 1. The van der Waals surface area contributed by atoms with Gasteiger partial charge in [0.25, 0.3) is 0 Å². The van der Waals surface area contributed by atoms with E-state index in [9.17, 15) is 13.2 Å². The summed E-state index contributed by atoms with van der Waals surface area (Å²) in [5.74, 6) is -0.00786. The van der Waals surface area contributed by atoms with Crippen LogP contribution in [0.1, 0.15) is 19.8 Å². The molecule has 0 saturated carbocycles. The van der Waals surface area contributed by atoms with E-state index < -0.39 is 21.1 Å². The number of ether oxygens (including phenoxy) is 1. The van der Waals surface area contributed by atoms with E-state index in [0.29, 0.717) is 36.6 Å². The van der Waals surface area contributed by atoms with Crippen LogP contribution in [0.5, 0.6) is 5.75 Å². The third-order valence-corrected chi connectivity index (χ3v) is 8.13. The fourth-order valence-corrected chi connectivity index (χ4v) is 5.62. The highest BCUT2D eigenvalue weighted by atomic mass is 32.2. The summed E-state index contributed by atoms with van der Waals surface area (Å²) >= 11 is 0. The number of methoxy groups -OCH3 is 1. The van der Waals surface area contributed by atoms with E-state index in [2.05, 4.69) is 4.90 Å². The molecule has 3 aromatic rings. The maximum atomic E-state index is 15.2. The molecule has 1 fully saturated rings. The minimum Gasteiger partial charge on any atom is -0.497 e. The Kier molecular flexibility index (Phi) is 6.95. The minimum absolute atomic E-state index is 0.0127. The van der Waals surface area contributed by atoms with E-state index in [1.165, 1.54) is 43.6 Å². The molecule has 4 rings (SSSR count). The van der Waals surface area contributed by atoms with Crippen molar-refractivity contribution in [3.8, 4) is 5.75 Å². The lowest BCUT2D eigenvalue weighted by molar-refractivity contribution is 0.312. The SMILES string of the molecule is CCCCn1cc(S(=O)(=O)c2ccc(OC)cc2)c(=O)c2cc(F)c(N3CCN(C)CC3)cc21. The molecular weight excluding hydrogens is 457 g/mol. The molecule has 34 heavy (non-hydrogen) atoms. The van der Waals surface area contributed by atoms with E-state index in [1.54, 1.807) is 10.6 Å². The molecule has 0 bridgehead atoms. The van der Waals surface area contributed by atoms with Crippen molar-refractivity contribution in [2.24, 2.45) is 0 Å². The van der Waals surface area contributed by atoms with Gasteiger partial charge in [-0.25, -0.2) is 12.8 Å². The van der Waals surface area contributed by atoms with E-state index in [-0.39, 0.29) is 15.2 Å². The zero-order valence-corrected chi connectivity index (χ0v) is 20.6. The van der Waals surface area contributed by atoms with Crippen molar-refractivity contribution < 1.29 is 17.5 Å². The number of anilines is 1. The first kappa shape index (κ1) is 24.2. The second kappa shape index (κ2) is 9.76. The van der Waals surface area contributed by atoms with Crippen molar-refractivity contribution in [2.75, 3.05) is 45.2 Å². The molecule has 0 spiro atoms. The molecular formula is C25H30FN3O4S. The molecule has 7 nitrogen and oxygen atoms in total. The topological polar surface area (TPSA) is 71.8 Å². The van der Waals surface area contributed by atoms with Gasteiger partial charge in [-0.3, -0.25) is 4.79 Å². The second-order valence-electron chi connectivity index (χ2n) is 8.66. The summed E-state index contributed by atoms with van der Waals surface area (Å²) in [4.78, 5) is 17.2. The number of halogens is 1. The predicted molar refractivity (Wildman–Crippen MR) is 131 cm³/mol. The van der Waals surface area contributed by atoms with Gasteiger partial charge in [-0.1, -0.05) is 13.3 Å². The van der Waals surface area contributed by atoms with Crippen molar-refractivity contribution >= 4 is 26.4 Å². The number of likely N-dealkylation sites (N-methyl/N-ethyl adjacent to an activating group) is 1. The summed E-state index contributed by atoms with van der Waals surface area (Å²) < 4.78 is 48.9. The fourth-order valence-electron chi connectivity index (χ4n) is 4.25. The summed E-state index contributed by atoms with van der Waals surface area (Å²) in [5.41, 5.74) is 0.292. The number of hydrogen-bond donors (Lipinski definition) is 0. The average Bonchev–Trinajstić information content (AvgIpc) is 2.84. The largest absolute Gasteiger partial charge is 0.497 e.